The fraction of sp³-hybridized carbons (Fsp3) is 0.375. The summed E-state index contributed by atoms with van der Waals surface area (Å²) in [4.78, 5) is 33.5. The van der Waals surface area contributed by atoms with Gasteiger partial charge in [0.1, 0.15) is 11.5 Å². The Morgan fingerprint density at radius 3 is 2.72 bits per heavy atom. The molecule has 3 aromatic rings. The van der Waals surface area contributed by atoms with Crippen molar-refractivity contribution in [2.24, 2.45) is 5.92 Å². The number of aromatic nitrogens is 4. The number of rotatable bonds is 4. The molecule has 0 radical (unpaired) electrons. The first-order valence-corrected chi connectivity index (χ1v) is 11.3. The average molecular weight is 449 g/mol. The van der Waals surface area contributed by atoms with Crippen LogP contribution in [0.5, 0.6) is 0 Å². The van der Waals surface area contributed by atoms with E-state index >= 15 is 0 Å². The standard InChI is InChI=1S/C24H25ClN6O/c1-14-10-18(25)23(28-12-14)30-19-11-16-5-7-20(19)31(13-16)24(32)21-17(6-4-15(2)29-21)22-26-8-3-9-27-22/h3-4,6,8-10,12,16,19-20H,5,7,11,13H2,1-2H3,(H,28,30). The molecule has 1 saturated carbocycles. The van der Waals surface area contributed by atoms with Crippen molar-refractivity contribution in [1.29, 1.82) is 0 Å². The maximum atomic E-state index is 13.8. The highest BCUT2D eigenvalue weighted by Crippen LogP contribution is 2.38. The lowest BCUT2D eigenvalue weighted by atomic mass is 9.76. The number of hydrogen-bond donors (Lipinski definition) is 1. The number of aryl methyl sites for hydroxylation is 2. The Morgan fingerprint density at radius 2 is 1.97 bits per heavy atom. The van der Waals surface area contributed by atoms with Crippen LogP contribution in [0.25, 0.3) is 11.4 Å². The van der Waals surface area contributed by atoms with Gasteiger partial charge in [0, 0.05) is 36.9 Å². The number of halogens is 1. The molecule has 1 N–H and O–H groups in total. The van der Waals surface area contributed by atoms with Crippen LogP contribution in [-0.2, 0) is 0 Å². The molecule has 3 unspecified atom stereocenters. The lowest BCUT2D eigenvalue weighted by Crippen LogP contribution is -2.60. The number of hydrogen-bond acceptors (Lipinski definition) is 6. The quantitative estimate of drug-likeness (QED) is 0.640. The van der Waals surface area contributed by atoms with Crippen LogP contribution in [0.4, 0.5) is 5.82 Å². The highest BCUT2D eigenvalue weighted by Gasteiger charge is 2.44. The van der Waals surface area contributed by atoms with E-state index < -0.39 is 0 Å². The van der Waals surface area contributed by atoms with Crippen LogP contribution >= 0.6 is 11.6 Å². The van der Waals surface area contributed by atoms with Crippen LogP contribution in [0.1, 0.15) is 41.0 Å². The number of carbonyl (C=O) groups is 1. The molecule has 3 atom stereocenters. The molecular weight excluding hydrogens is 424 g/mol. The van der Waals surface area contributed by atoms with Crippen molar-refractivity contribution in [3.8, 4) is 11.4 Å². The molecule has 5 heterocycles. The second-order valence-corrected chi connectivity index (χ2v) is 9.13. The summed E-state index contributed by atoms with van der Waals surface area (Å²) in [6.45, 7) is 4.60. The number of pyridine rings is 2. The lowest BCUT2D eigenvalue weighted by Gasteiger charge is -2.50. The van der Waals surface area contributed by atoms with Gasteiger partial charge >= 0.3 is 0 Å². The van der Waals surface area contributed by atoms with Gasteiger partial charge in [-0.05, 0) is 68.9 Å². The van der Waals surface area contributed by atoms with E-state index in [0.717, 1.165) is 37.1 Å². The minimum absolute atomic E-state index is 0.0542. The molecule has 2 bridgehead atoms. The molecule has 1 amide bonds. The van der Waals surface area contributed by atoms with Crippen molar-refractivity contribution in [3.05, 3.63) is 64.8 Å². The number of nitrogens with zero attached hydrogens (tertiary/aromatic N) is 5. The van der Waals surface area contributed by atoms with Gasteiger partial charge in [-0.1, -0.05) is 11.6 Å². The van der Waals surface area contributed by atoms with Crippen molar-refractivity contribution in [2.75, 3.05) is 11.9 Å². The largest absolute Gasteiger partial charge is 0.364 e. The topological polar surface area (TPSA) is 83.9 Å². The highest BCUT2D eigenvalue weighted by molar-refractivity contribution is 6.33. The minimum Gasteiger partial charge on any atom is -0.364 e. The Morgan fingerprint density at radius 1 is 1.16 bits per heavy atom. The van der Waals surface area contributed by atoms with Gasteiger partial charge in [0.15, 0.2) is 5.82 Å². The first-order chi connectivity index (χ1) is 15.5. The molecule has 6 rings (SSSR count). The van der Waals surface area contributed by atoms with Crippen molar-refractivity contribution >= 4 is 23.3 Å². The molecule has 32 heavy (non-hydrogen) atoms. The normalized spacial score (nSPS) is 22.1. The molecule has 8 heteroatoms. The maximum absolute atomic E-state index is 13.8. The van der Waals surface area contributed by atoms with Gasteiger partial charge in [-0.25, -0.2) is 19.9 Å². The van der Waals surface area contributed by atoms with Crippen LogP contribution in [0.2, 0.25) is 5.02 Å². The van der Waals surface area contributed by atoms with Crippen molar-refractivity contribution < 1.29 is 4.79 Å². The number of nitrogens with one attached hydrogen (secondary N) is 1. The van der Waals surface area contributed by atoms with Crippen LogP contribution in [0.3, 0.4) is 0 Å². The van der Waals surface area contributed by atoms with Gasteiger partial charge < -0.3 is 10.2 Å². The summed E-state index contributed by atoms with van der Waals surface area (Å²) in [5, 5.41) is 4.12. The zero-order valence-corrected chi connectivity index (χ0v) is 18.9. The molecule has 3 aliphatic rings. The Balaban J connectivity index is 1.45. The third kappa shape index (κ3) is 3.93. The zero-order valence-electron chi connectivity index (χ0n) is 18.1. The lowest BCUT2D eigenvalue weighted by molar-refractivity contribution is 0.0277. The van der Waals surface area contributed by atoms with Gasteiger partial charge in [0.05, 0.1) is 16.6 Å². The second-order valence-electron chi connectivity index (χ2n) is 8.72. The molecule has 3 aromatic heterocycles. The molecule has 7 nitrogen and oxygen atoms in total. The van der Waals surface area contributed by atoms with Gasteiger partial charge in [-0.15, -0.1) is 0 Å². The van der Waals surface area contributed by atoms with Gasteiger partial charge in [-0.2, -0.15) is 0 Å². The minimum atomic E-state index is -0.0692. The highest BCUT2D eigenvalue weighted by atomic mass is 35.5. The predicted octanol–water partition coefficient (Wildman–Crippen LogP) is 4.31. The third-order valence-electron chi connectivity index (χ3n) is 6.38. The predicted molar refractivity (Wildman–Crippen MR) is 124 cm³/mol. The Hall–Kier alpha value is -3.06. The summed E-state index contributed by atoms with van der Waals surface area (Å²) in [5.41, 5.74) is 2.88. The summed E-state index contributed by atoms with van der Waals surface area (Å²) in [5.74, 6) is 1.55. The van der Waals surface area contributed by atoms with Crippen LogP contribution in [-0.4, -0.2) is 49.4 Å². The average Bonchev–Trinajstić information content (AvgIpc) is 2.81. The van der Waals surface area contributed by atoms with E-state index in [-0.39, 0.29) is 18.0 Å². The molecule has 1 aliphatic carbocycles. The monoisotopic (exact) mass is 448 g/mol. The molecule has 164 valence electrons. The number of carbonyl (C=O) groups excluding carboxylic acids is 1. The first-order valence-electron chi connectivity index (χ1n) is 10.9. The van der Waals surface area contributed by atoms with E-state index in [2.05, 4.69) is 25.3 Å². The van der Waals surface area contributed by atoms with Crippen LogP contribution < -0.4 is 5.32 Å². The van der Waals surface area contributed by atoms with Crippen molar-refractivity contribution in [2.45, 2.75) is 45.2 Å². The summed E-state index contributed by atoms with van der Waals surface area (Å²) < 4.78 is 0. The molecule has 3 fully saturated rings. The fourth-order valence-electron chi connectivity index (χ4n) is 4.87. The second kappa shape index (κ2) is 8.47. The number of fused-ring (bicyclic) bond motifs is 3. The van der Waals surface area contributed by atoms with E-state index in [9.17, 15) is 4.79 Å². The van der Waals surface area contributed by atoms with Crippen LogP contribution in [0, 0.1) is 19.8 Å². The molecular formula is C24H25ClN6O. The molecule has 2 aliphatic heterocycles. The molecule has 2 saturated heterocycles. The fourth-order valence-corrected chi connectivity index (χ4v) is 5.15. The smallest absolute Gasteiger partial charge is 0.273 e. The maximum Gasteiger partial charge on any atom is 0.273 e. The van der Waals surface area contributed by atoms with E-state index in [1.54, 1.807) is 24.7 Å². The molecule has 0 aromatic carbocycles. The van der Waals surface area contributed by atoms with E-state index in [1.165, 1.54) is 0 Å². The van der Waals surface area contributed by atoms with Gasteiger partial charge in [-0.3, -0.25) is 4.79 Å². The number of anilines is 1. The van der Waals surface area contributed by atoms with E-state index in [4.69, 9.17) is 11.6 Å². The summed E-state index contributed by atoms with van der Waals surface area (Å²) in [6.07, 6.45) is 8.23. The Labute approximate surface area is 192 Å². The third-order valence-corrected chi connectivity index (χ3v) is 6.67. The summed E-state index contributed by atoms with van der Waals surface area (Å²) >= 11 is 6.42. The van der Waals surface area contributed by atoms with E-state index in [1.807, 2.05) is 36.9 Å². The Kier molecular flexibility index (Phi) is 5.51. The van der Waals surface area contributed by atoms with Crippen LogP contribution in [0.15, 0.2) is 42.9 Å². The Bertz CT molecular complexity index is 1150. The zero-order chi connectivity index (χ0) is 22.2. The van der Waals surface area contributed by atoms with Gasteiger partial charge in [0.2, 0.25) is 0 Å². The SMILES string of the molecule is Cc1cnc(NC2CC3CCC2N(C(=O)c2nc(C)ccc2-c2ncccn2)C3)c(Cl)c1. The molecule has 0 spiro atoms. The number of amides is 1. The van der Waals surface area contributed by atoms with Crippen molar-refractivity contribution in [3.63, 3.8) is 0 Å². The van der Waals surface area contributed by atoms with E-state index in [0.29, 0.717) is 33.8 Å². The van der Waals surface area contributed by atoms with Crippen molar-refractivity contribution in [1.82, 2.24) is 24.8 Å². The van der Waals surface area contributed by atoms with Gasteiger partial charge in [0.25, 0.3) is 5.91 Å². The number of piperidine rings is 2. The summed E-state index contributed by atoms with van der Waals surface area (Å²) in [7, 11) is 0. The first kappa shape index (κ1) is 20.8. The summed E-state index contributed by atoms with van der Waals surface area (Å²) in [6, 6.07) is 7.60.